The first-order chi connectivity index (χ1) is 8.67. The van der Waals surface area contributed by atoms with Crippen LogP contribution in [0.3, 0.4) is 0 Å². The highest BCUT2D eigenvalue weighted by Gasteiger charge is 2.26. The summed E-state index contributed by atoms with van der Waals surface area (Å²) in [5.41, 5.74) is 0. The summed E-state index contributed by atoms with van der Waals surface area (Å²) in [5, 5.41) is 1.08. The van der Waals surface area contributed by atoms with Crippen molar-refractivity contribution in [3.05, 3.63) is 0 Å². The molecule has 0 amide bonds. The molecule has 0 aromatic rings. The van der Waals surface area contributed by atoms with Gasteiger partial charge >= 0.3 is 5.97 Å². The minimum absolute atomic E-state index is 0.00398. The lowest BCUT2D eigenvalue weighted by atomic mass is 9.97. The maximum absolute atomic E-state index is 11.7. The van der Waals surface area contributed by atoms with E-state index in [1.807, 2.05) is 6.92 Å². The first kappa shape index (κ1) is 16.0. The standard InChI is InChI=1S/C14H26BrNO2/c1-3-18-14(17)13-5-4-9-16(11-13)10-7-12(2)6-8-15/h12-13H,3-11H2,1-2H3. The lowest BCUT2D eigenvalue weighted by molar-refractivity contribution is -0.149. The molecule has 0 N–H and O–H groups in total. The van der Waals surface area contributed by atoms with Crippen LogP contribution in [0.1, 0.15) is 39.5 Å². The molecule has 2 atom stereocenters. The Bertz CT molecular complexity index is 248. The van der Waals surface area contributed by atoms with Crippen molar-refractivity contribution in [2.45, 2.75) is 39.5 Å². The summed E-state index contributed by atoms with van der Waals surface area (Å²) in [6, 6.07) is 0. The predicted octanol–water partition coefficient (Wildman–Crippen LogP) is 3.07. The van der Waals surface area contributed by atoms with E-state index in [-0.39, 0.29) is 11.9 Å². The summed E-state index contributed by atoms with van der Waals surface area (Å²) in [5.74, 6) is 0.855. The van der Waals surface area contributed by atoms with Crippen LogP contribution in [0.2, 0.25) is 0 Å². The minimum atomic E-state index is -0.00398. The largest absolute Gasteiger partial charge is 0.466 e. The van der Waals surface area contributed by atoms with Gasteiger partial charge in [-0.1, -0.05) is 22.9 Å². The number of carbonyl (C=O) groups excluding carboxylic acids is 1. The number of hydrogen-bond donors (Lipinski definition) is 0. The molecule has 2 unspecified atom stereocenters. The molecule has 18 heavy (non-hydrogen) atoms. The average Bonchev–Trinajstić information content (AvgIpc) is 2.37. The van der Waals surface area contributed by atoms with Crippen LogP contribution < -0.4 is 0 Å². The Kier molecular flexibility index (Phi) is 7.91. The van der Waals surface area contributed by atoms with Crippen LogP contribution in [-0.2, 0) is 9.53 Å². The third-order valence-corrected chi connectivity index (χ3v) is 4.12. The molecule has 1 rings (SSSR count). The molecule has 1 aliphatic rings. The summed E-state index contributed by atoms with van der Waals surface area (Å²) in [4.78, 5) is 14.2. The number of esters is 1. The molecular weight excluding hydrogens is 294 g/mol. The second-order valence-corrected chi connectivity index (χ2v) is 6.06. The first-order valence-corrected chi connectivity index (χ1v) is 8.24. The summed E-state index contributed by atoms with van der Waals surface area (Å²) < 4.78 is 5.12. The Morgan fingerprint density at radius 2 is 2.28 bits per heavy atom. The van der Waals surface area contributed by atoms with E-state index in [0.717, 1.165) is 43.7 Å². The molecular formula is C14H26BrNO2. The van der Waals surface area contributed by atoms with E-state index >= 15 is 0 Å². The molecule has 1 saturated heterocycles. The molecule has 0 spiro atoms. The molecule has 1 aliphatic heterocycles. The minimum Gasteiger partial charge on any atom is -0.466 e. The van der Waals surface area contributed by atoms with Crippen LogP contribution in [0.25, 0.3) is 0 Å². The van der Waals surface area contributed by atoms with Gasteiger partial charge in [-0.05, 0) is 51.6 Å². The Hall–Kier alpha value is -0.0900. The molecule has 1 heterocycles. The topological polar surface area (TPSA) is 29.5 Å². The van der Waals surface area contributed by atoms with Gasteiger partial charge in [0.1, 0.15) is 0 Å². The second kappa shape index (κ2) is 8.92. The smallest absolute Gasteiger partial charge is 0.310 e. The van der Waals surface area contributed by atoms with Crippen LogP contribution in [0.5, 0.6) is 0 Å². The number of ether oxygens (including phenoxy) is 1. The Balaban J connectivity index is 2.28. The highest BCUT2D eigenvalue weighted by molar-refractivity contribution is 9.09. The van der Waals surface area contributed by atoms with Gasteiger partial charge in [0, 0.05) is 11.9 Å². The SMILES string of the molecule is CCOC(=O)C1CCCN(CCC(C)CCBr)C1. The van der Waals surface area contributed by atoms with Gasteiger partial charge in [0.05, 0.1) is 12.5 Å². The van der Waals surface area contributed by atoms with E-state index in [2.05, 4.69) is 27.8 Å². The molecule has 1 fully saturated rings. The number of likely N-dealkylation sites (tertiary alicyclic amines) is 1. The molecule has 0 aliphatic carbocycles. The average molecular weight is 320 g/mol. The number of carbonyl (C=O) groups is 1. The van der Waals surface area contributed by atoms with Crippen LogP contribution >= 0.6 is 15.9 Å². The Morgan fingerprint density at radius 1 is 1.50 bits per heavy atom. The normalized spacial score (nSPS) is 22.7. The van der Waals surface area contributed by atoms with E-state index in [1.54, 1.807) is 0 Å². The van der Waals surface area contributed by atoms with E-state index in [4.69, 9.17) is 4.74 Å². The van der Waals surface area contributed by atoms with E-state index < -0.39 is 0 Å². The van der Waals surface area contributed by atoms with Crippen molar-refractivity contribution in [3.8, 4) is 0 Å². The highest BCUT2D eigenvalue weighted by Crippen LogP contribution is 2.19. The molecule has 0 aromatic carbocycles. The predicted molar refractivity (Wildman–Crippen MR) is 78.0 cm³/mol. The fourth-order valence-corrected chi connectivity index (χ4v) is 3.23. The van der Waals surface area contributed by atoms with Gasteiger partial charge in [-0.3, -0.25) is 4.79 Å². The lowest BCUT2D eigenvalue weighted by Crippen LogP contribution is -2.40. The summed E-state index contributed by atoms with van der Waals surface area (Å²) >= 11 is 3.49. The van der Waals surface area contributed by atoms with Crippen molar-refractivity contribution in [2.75, 3.05) is 31.6 Å². The van der Waals surface area contributed by atoms with Crippen LogP contribution in [0, 0.1) is 11.8 Å². The molecule has 0 saturated carbocycles. The lowest BCUT2D eigenvalue weighted by Gasteiger charge is -2.32. The fourth-order valence-electron chi connectivity index (χ4n) is 2.44. The maximum atomic E-state index is 11.7. The molecule has 4 heteroatoms. The number of alkyl halides is 1. The van der Waals surface area contributed by atoms with Gasteiger partial charge in [0.15, 0.2) is 0 Å². The Morgan fingerprint density at radius 3 is 2.94 bits per heavy atom. The zero-order chi connectivity index (χ0) is 13.4. The molecule has 106 valence electrons. The fraction of sp³-hybridized carbons (Fsp3) is 0.929. The van der Waals surface area contributed by atoms with E-state index in [0.29, 0.717) is 6.61 Å². The zero-order valence-corrected chi connectivity index (χ0v) is 13.2. The van der Waals surface area contributed by atoms with Crippen LogP contribution in [0.4, 0.5) is 0 Å². The van der Waals surface area contributed by atoms with Crippen LogP contribution in [-0.4, -0.2) is 42.4 Å². The van der Waals surface area contributed by atoms with E-state index in [1.165, 1.54) is 12.8 Å². The highest BCUT2D eigenvalue weighted by atomic mass is 79.9. The van der Waals surface area contributed by atoms with Crippen molar-refractivity contribution in [3.63, 3.8) is 0 Å². The first-order valence-electron chi connectivity index (χ1n) is 7.12. The zero-order valence-electron chi connectivity index (χ0n) is 11.7. The maximum Gasteiger partial charge on any atom is 0.310 e. The van der Waals surface area contributed by atoms with Gasteiger partial charge in [-0.2, -0.15) is 0 Å². The summed E-state index contributed by atoms with van der Waals surface area (Å²) in [6.45, 7) is 7.81. The van der Waals surface area contributed by atoms with Crippen molar-refractivity contribution >= 4 is 21.9 Å². The molecule has 0 radical (unpaired) electrons. The monoisotopic (exact) mass is 319 g/mol. The van der Waals surface area contributed by atoms with Gasteiger partial charge in [0.25, 0.3) is 0 Å². The number of rotatable bonds is 7. The molecule has 0 bridgehead atoms. The second-order valence-electron chi connectivity index (χ2n) is 5.26. The Labute approximate surface area is 119 Å². The van der Waals surface area contributed by atoms with Crippen molar-refractivity contribution in [1.29, 1.82) is 0 Å². The third kappa shape index (κ3) is 5.70. The number of nitrogens with zero attached hydrogens (tertiary/aromatic N) is 1. The number of halogens is 1. The van der Waals surface area contributed by atoms with E-state index in [9.17, 15) is 4.79 Å². The number of piperidine rings is 1. The molecule has 3 nitrogen and oxygen atoms in total. The van der Waals surface area contributed by atoms with Crippen molar-refractivity contribution in [2.24, 2.45) is 11.8 Å². The van der Waals surface area contributed by atoms with Crippen molar-refractivity contribution in [1.82, 2.24) is 4.90 Å². The van der Waals surface area contributed by atoms with Gasteiger partial charge in [-0.25, -0.2) is 0 Å². The molecule has 0 aromatic heterocycles. The van der Waals surface area contributed by atoms with Gasteiger partial charge in [0.2, 0.25) is 0 Å². The quantitative estimate of drug-likeness (QED) is 0.533. The summed E-state index contributed by atoms with van der Waals surface area (Å²) in [6.07, 6.45) is 4.57. The number of hydrogen-bond acceptors (Lipinski definition) is 3. The van der Waals surface area contributed by atoms with Gasteiger partial charge < -0.3 is 9.64 Å². The van der Waals surface area contributed by atoms with Crippen molar-refractivity contribution < 1.29 is 9.53 Å². The van der Waals surface area contributed by atoms with Gasteiger partial charge in [-0.15, -0.1) is 0 Å². The third-order valence-electron chi connectivity index (χ3n) is 3.67. The van der Waals surface area contributed by atoms with Crippen LogP contribution in [0.15, 0.2) is 0 Å². The summed E-state index contributed by atoms with van der Waals surface area (Å²) in [7, 11) is 0.